The van der Waals surface area contributed by atoms with Crippen LogP contribution in [0.1, 0.15) is 5.56 Å². The van der Waals surface area contributed by atoms with Gasteiger partial charge in [0.05, 0.1) is 17.0 Å². The molecule has 0 N–H and O–H groups in total. The molecule has 1 aromatic rings. The first kappa shape index (κ1) is 11.6. The molecule has 0 atom stereocenters. The lowest BCUT2D eigenvalue weighted by molar-refractivity contribution is 0.414. The molecule has 0 fully saturated rings. The lowest BCUT2D eigenvalue weighted by Gasteiger charge is -2.07. The molecule has 0 unspecified atom stereocenters. The molecule has 0 aromatic heterocycles. The van der Waals surface area contributed by atoms with Gasteiger partial charge >= 0.3 is 0 Å². The van der Waals surface area contributed by atoms with E-state index in [1.807, 2.05) is 0 Å². The van der Waals surface area contributed by atoms with Gasteiger partial charge in [0.1, 0.15) is 5.75 Å². The van der Waals surface area contributed by atoms with Gasteiger partial charge in [0.15, 0.2) is 0 Å². The lowest BCUT2D eigenvalue weighted by atomic mass is 10.2. The standard InChI is InChI=1S/C8H8Cl2O3S/c1-5-3-7(13-2)6(9)4-8(5)14(10,11)12/h3-4H,1-2H3. The summed E-state index contributed by atoms with van der Waals surface area (Å²) in [6, 6.07) is 2.80. The van der Waals surface area contributed by atoms with Crippen LogP contribution < -0.4 is 4.74 Å². The van der Waals surface area contributed by atoms with E-state index in [1.165, 1.54) is 19.2 Å². The molecule has 14 heavy (non-hydrogen) atoms. The van der Waals surface area contributed by atoms with E-state index in [4.69, 9.17) is 27.0 Å². The third-order valence-corrected chi connectivity index (χ3v) is 3.47. The number of ether oxygens (including phenoxy) is 1. The Morgan fingerprint density at radius 2 is 1.93 bits per heavy atom. The zero-order valence-electron chi connectivity index (χ0n) is 7.54. The molecule has 6 heteroatoms. The van der Waals surface area contributed by atoms with Crippen LogP contribution in [0.25, 0.3) is 0 Å². The topological polar surface area (TPSA) is 43.4 Å². The molecule has 0 radical (unpaired) electrons. The molecule has 0 bridgehead atoms. The largest absolute Gasteiger partial charge is 0.495 e. The van der Waals surface area contributed by atoms with Crippen molar-refractivity contribution in [2.45, 2.75) is 11.8 Å². The fraction of sp³-hybridized carbons (Fsp3) is 0.250. The Kier molecular flexibility index (Phi) is 3.29. The number of benzene rings is 1. The van der Waals surface area contributed by atoms with Gasteiger partial charge in [0.2, 0.25) is 0 Å². The number of methoxy groups -OCH3 is 1. The van der Waals surface area contributed by atoms with Crippen LogP contribution in [0.5, 0.6) is 5.75 Å². The molecule has 0 aliphatic carbocycles. The maximum Gasteiger partial charge on any atom is 0.261 e. The maximum atomic E-state index is 11.1. The zero-order chi connectivity index (χ0) is 10.9. The van der Waals surface area contributed by atoms with E-state index in [0.29, 0.717) is 11.3 Å². The minimum atomic E-state index is -3.75. The highest BCUT2D eigenvalue weighted by atomic mass is 35.7. The summed E-state index contributed by atoms with van der Waals surface area (Å²) >= 11 is 5.76. The van der Waals surface area contributed by atoms with Crippen molar-refractivity contribution < 1.29 is 13.2 Å². The van der Waals surface area contributed by atoms with Crippen molar-refractivity contribution in [2.75, 3.05) is 7.11 Å². The van der Waals surface area contributed by atoms with Crippen molar-refractivity contribution in [1.29, 1.82) is 0 Å². The SMILES string of the molecule is COc1cc(C)c(S(=O)(=O)Cl)cc1Cl. The molecule has 0 aliphatic rings. The third-order valence-electron chi connectivity index (χ3n) is 1.71. The number of halogens is 2. The summed E-state index contributed by atoms with van der Waals surface area (Å²) in [5, 5.41) is 0.220. The van der Waals surface area contributed by atoms with Crippen molar-refractivity contribution in [2.24, 2.45) is 0 Å². The molecule has 3 nitrogen and oxygen atoms in total. The van der Waals surface area contributed by atoms with E-state index < -0.39 is 9.05 Å². The number of hydrogen-bond donors (Lipinski definition) is 0. The van der Waals surface area contributed by atoms with Crippen LogP contribution in [-0.4, -0.2) is 15.5 Å². The summed E-state index contributed by atoms with van der Waals surface area (Å²) in [6.45, 7) is 1.62. The second-order valence-corrected chi connectivity index (χ2v) is 5.63. The number of rotatable bonds is 2. The van der Waals surface area contributed by atoms with Crippen molar-refractivity contribution in [3.05, 3.63) is 22.7 Å². The molecule has 0 saturated heterocycles. The average molecular weight is 255 g/mol. The zero-order valence-corrected chi connectivity index (χ0v) is 9.87. The first-order chi connectivity index (χ1) is 6.36. The summed E-state index contributed by atoms with van der Waals surface area (Å²) in [5.74, 6) is 0.424. The summed E-state index contributed by atoms with van der Waals surface area (Å²) in [6.07, 6.45) is 0. The van der Waals surface area contributed by atoms with E-state index in [1.54, 1.807) is 6.92 Å². The summed E-state index contributed by atoms with van der Waals surface area (Å²) < 4.78 is 27.1. The van der Waals surface area contributed by atoms with E-state index in [2.05, 4.69) is 0 Å². The smallest absolute Gasteiger partial charge is 0.261 e. The minimum Gasteiger partial charge on any atom is -0.495 e. The van der Waals surface area contributed by atoms with Crippen LogP contribution in [-0.2, 0) is 9.05 Å². The van der Waals surface area contributed by atoms with Crippen LogP contribution in [0.2, 0.25) is 5.02 Å². The predicted molar refractivity (Wildman–Crippen MR) is 55.8 cm³/mol. The Bertz CT molecular complexity index is 454. The second kappa shape index (κ2) is 3.96. The first-order valence-corrected chi connectivity index (χ1v) is 6.34. The monoisotopic (exact) mass is 254 g/mol. The summed E-state index contributed by atoms with van der Waals surface area (Å²) in [7, 11) is 2.91. The van der Waals surface area contributed by atoms with Crippen molar-refractivity contribution in [1.82, 2.24) is 0 Å². The van der Waals surface area contributed by atoms with E-state index >= 15 is 0 Å². The minimum absolute atomic E-state index is 0.00460. The maximum absolute atomic E-state index is 11.1. The van der Waals surface area contributed by atoms with Crippen molar-refractivity contribution in [3.63, 3.8) is 0 Å². The van der Waals surface area contributed by atoms with Gasteiger partial charge in [-0.05, 0) is 24.6 Å². The number of hydrogen-bond acceptors (Lipinski definition) is 3. The van der Waals surface area contributed by atoms with Gasteiger partial charge in [-0.15, -0.1) is 0 Å². The molecule has 0 amide bonds. The van der Waals surface area contributed by atoms with Crippen LogP contribution in [0, 0.1) is 6.92 Å². The van der Waals surface area contributed by atoms with E-state index in [0.717, 1.165) is 0 Å². The Labute approximate surface area is 92.0 Å². The fourth-order valence-electron chi connectivity index (χ4n) is 1.06. The van der Waals surface area contributed by atoms with Crippen LogP contribution in [0.15, 0.2) is 17.0 Å². The Hall–Kier alpha value is -0.450. The molecule has 1 aromatic carbocycles. The molecular formula is C8H8Cl2O3S. The van der Waals surface area contributed by atoms with Crippen LogP contribution in [0.3, 0.4) is 0 Å². The van der Waals surface area contributed by atoms with Crippen molar-refractivity contribution in [3.8, 4) is 5.75 Å². The predicted octanol–water partition coefficient (Wildman–Crippen LogP) is 2.58. The van der Waals surface area contributed by atoms with Gasteiger partial charge in [-0.2, -0.15) is 0 Å². The molecule has 78 valence electrons. The van der Waals surface area contributed by atoms with Gasteiger partial charge in [-0.25, -0.2) is 8.42 Å². The highest BCUT2D eigenvalue weighted by Gasteiger charge is 2.16. The first-order valence-electron chi connectivity index (χ1n) is 3.65. The average Bonchev–Trinajstić information content (AvgIpc) is 2.06. The van der Waals surface area contributed by atoms with Crippen LogP contribution >= 0.6 is 22.3 Å². The highest BCUT2D eigenvalue weighted by molar-refractivity contribution is 8.13. The van der Waals surface area contributed by atoms with Gasteiger partial charge in [-0.3, -0.25) is 0 Å². The molecule has 0 aliphatic heterocycles. The Morgan fingerprint density at radius 1 is 1.36 bits per heavy atom. The fourth-order valence-corrected chi connectivity index (χ4v) is 2.56. The molecular weight excluding hydrogens is 247 g/mol. The van der Waals surface area contributed by atoms with Crippen molar-refractivity contribution >= 4 is 31.3 Å². The summed E-state index contributed by atoms with van der Waals surface area (Å²) in [4.78, 5) is 0.00460. The second-order valence-electron chi connectivity index (χ2n) is 2.69. The van der Waals surface area contributed by atoms with Gasteiger partial charge in [0.25, 0.3) is 9.05 Å². The Morgan fingerprint density at radius 3 is 2.36 bits per heavy atom. The molecule has 0 spiro atoms. The van der Waals surface area contributed by atoms with Gasteiger partial charge in [-0.1, -0.05) is 11.6 Å². The molecule has 0 saturated carbocycles. The van der Waals surface area contributed by atoms with Gasteiger partial charge in [0, 0.05) is 10.7 Å². The number of aryl methyl sites for hydroxylation is 1. The normalized spacial score (nSPS) is 11.4. The molecule has 1 rings (SSSR count). The Balaban J connectivity index is 3.44. The quantitative estimate of drug-likeness (QED) is 0.763. The van der Waals surface area contributed by atoms with E-state index in [-0.39, 0.29) is 9.92 Å². The third kappa shape index (κ3) is 2.32. The molecule has 0 heterocycles. The van der Waals surface area contributed by atoms with Gasteiger partial charge < -0.3 is 4.74 Å². The van der Waals surface area contributed by atoms with Crippen LogP contribution in [0.4, 0.5) is 0 Å². The summed E-state index contributed by atoms with van der Waals surface area (Å²) in [5.41, 5.74) is 0.501. The lowest BCUT2D eigenvalue weighted by Crippen LogP contribution is -1.96. The highest BCUT2D eigenvalue weighted by Crippen LogP contribution is 2.31. The van der Waals surface area contributed by atoms with E-state index in [9.17, 15) is 8.42 Å².